The second-order valence-electron chi connectivity index (χ2n) is 5.41. The molecule has 1 aliphatic rings. The highest BCUT2D eigenvalue weighted by Crippen LogP contribution is 2.37. The molecule has 22 heavy (non-hydrogen) atoms. The topological polar surface area (TPSA) is 42.7 Å². The molecule has 3 aromatic rings. The van der Waals surface area contributed by atoms with Crippen LogP contribution in [0.2, 0.25) is 0 Å². The van der Waals surface area contributed by atoms with E-state index >= 15 is 0 Å². The first-order valence-electron chi connectivity index (χ1n) is 7.28. The number of fused-ring (bicyclic) bond motifs is 1. The Morgan fingerprint density at radius 1 is 1.05 bits per heavy atom. The highest BCUT2D eigenvalue weighted by molar-refractivity contribution is 5.38. The van der Waals surface area contributed by atoms with E-state index in [4.69, 9.17) is 0 Å². The van der Waals surface area contributed by atoms with E-state index < -0.39 is 0 Å². The summed E-state index contributed by atoms with van der Waals surface area (Å²) in [4.78, 5) is 4.26. The molecular formula is C17H15FN4. The molecule has 1 aliphatic heterocycles. The molecule has 2 heterocycles. The zero-order valence-corrected chi connectivity index (χ0v) is 11.9. The summed E-state index contributed by atoms with van der Waals surface area (Å²) in [6, 6.07) is 16.9. The third-order valence-corrected chi connectivity index (χ3v) is 4.10. The molecular weight excluding hydrogens is 279 g/mol. The number of halogens is 1. The minimum atomic E-state index is -0.206. The van der Waals surface area contributed by atoms with Crippen LogP contribution in [0.3, 0.4) is 0 Å². The molecule has 0 saturated heterocycles. The Kier molecular flexibility index (Phi) is 3.11. The number of anilines is 1. The maximum Gasteiger partial charge on any atom is 0.222 e. The van der Waals surface area contributed by atoms with Gasteiger partial charge in [-0.15, -0.1) is 0 Å². The second kappa shape index (κ2) is 5.26. The largest absolute Gasteiger partial charge is 0.348 e. The predicted octanol–water partition coefficient (Wildman–Crippen LogP) is 3.56. The van der Waals surface area contributed by atoms with Crippen molar-refractivity contribution >= 4 is 5.95 Å². The highest BCUT2D eigenvalue weighted by Gasteiger charge is 2.31. The lowest BCUT2D eigenvalue weighted by Gasteiger charge is -2.31. The lowest BCUT2D eigenvalue weighted by atomic mass is 9.93. The molecule has 4 rings (SSSR count). The summed E-state index contributed by atoms with van der Waals surface area (Å²) in [5.74, 6) is 0.469. The van der Waals surface area contributed by atoms with Gasteiger partial charge >= 0.3 is 0 Å². The fourth-order valence-electron chi connectivity index (χ4n) is 3.03. The standard InChI is InChI=1S/C17H15FN4/c18-14-9-5-4-8-13(14)16-10-15(12-6-2-1-3-7-12)21-17-19-11-20-22(16)17/h1-9,11,15-16H,10H2,(H,19,20,21)/t15-,16-/m1/s1. The van der Waals surface area contributed by atoms with Gasteiger partial charge in [-0.1, -0.05) is 48.5 Å². The van der Waals surface area contributed by atoms with Crippen LogP contribution in [0.5, 0.6) is 0 Å². The van der Waals surface area contributed by atoms with Crippen molar-refractivity contribution in [3.63, 3.8) is 0 Å². The smallest absolute Gasteiger partial charge is 0.222 e. The number of hydrogen-bond acceptors (Lipinski definition) is 3. The Morgan fingerprint density at radius 2 is 1.82 bits per heavy atom. The molecule has 0 radical (unpaired) electrons. The van der Waals surface area contributed by atoms with Gasteiger partial charge in [-0.05, 0) is 18.1 Å². The van der Waals surface area contributed by atoms with Crippen molar-refractivity contribution in [3.05, 3.63) is 77.9 Å². The van der Waals surface area contributed by atoms with Crippen LogP contribution < -0.4 is 5.32 Å². The van der Waals surface area contributed by atoms with Crippen molar-refractivity contribution in [1.29, 1.82) is 0 Å². The van der Waals surface area contributed by atoms with Crippen LogP contribution in [0.15, 0.2) is 60.9 Å². The molecule has 1 N–H and O–H groups in total. The maximum absolute atomic E-state index is 14.2. The quantitative estimate of drug-likeness (QED) is 0.786. The zero-order valence-electron chi connectivity index (χ0n) is 11.9. The minimum Gasteiger partial charge on any atom is -0.348 e. The molecule has 0 amide bonds. The van der Waals surface area contributed by atoms with Crippen LogP contribution in [0.4, 0.5) is 10.3 Å². The van der Waals surface area contributed by atoms with E-state index in [2.05, 4.69) is 27.5 Å². The van der Waals surface area contributed by atoms with E-state index in [0.29, 0.717) is 11.5 Å². The average Bonchev–Trinajstić information content (AvgIpc) is 3.04. The van der Waals surface area contributed by atoms with Gasteiger partial charge in [0.15, 0.2) is 0 Å². The summed E-state index contributed by atoms with van der Waals surface area (Å²) in [6.07, 6.45) is 2.23. The third kappa shape index (κ3) is 2.15. The Labute approximate surface area is 127 Å². The second-order valence-corrected chi connectivity index (χ2v) is 5.41. The highest BCUT2D eigenvalue weighted by atomic mass is 19.1. The van der Waals surface area contributed by atoms with Gasteiger partial charge < -0.3 is 5.32 Å². The van der Waals surface area contributed by atoms with Gasteiger partial charge in [0, 0.05) is 5.56 Å². The van der Waals surface area contributed by atoms with Crippen LogP contribution >= 0.6 is 0 Å². The lowest BCUT2D eigenvalue weighted by molar-refractivity contribution is 0.416. The van der Waals surface area contributed by atoms with E-state index in [1.165, 1.54) is 12.4 Å². The van der Waals surface area contributed by atoms with E-state index in [0.717, 1.165) is 12.0 Å². The van der Waals surface area contributed by atoms with Crippen LogP contribution in [0.25, 0.3) is 0 Å². The first kappa shape index (κ1) is 13.0. The van der Waals surface area contributed by atoms with Gasteiger partial charge in [-0.3, -0.25) is 0 Å². The SMILES string of the molecule is Fc1ccccc1[C@H]1C[C@H](c2ccccc2)Nc2ncnn21. The van der Waals surface area contributed by atoms with E-state index in [-0.39, 0.29) is 17.9 Å². The van der Waals surface area contributed by atoms with Gasteiger partial charge in [0.2, 0.25) is 5.95 Å². The maximum atomic E-state index is 14.2. The molecule has 110 valence electrons. The first-order chi connectivity index (χ1) is 10.8. The summed E-state index contributed by atoms with van der Waals surface area (Å²) >= 11 is 0. The Balaban J connectivity index is 1.77. The molecule has 0 fully saturated rings. The molecule has 2 atom stereocenters. The van der Waals surface area contributed by atoms with Crippen molar-refractivity contribution in [2.45, 2.75) is 18.5 Å². The number of benzene rings is 2. The molecule has 1 aromatic heterocycles. The van der Waals surface area contributed by atoms with Crippen molar-refractivity contribution in [2.75, 3.05) is 5.32 Å². The molecule has 0 unspecified atom stereocenters. The molecule has 0 saturated carbocycles. The van der Waals surface area contributed by atoms with Gasteiger partial charge in [-0.2, -0.15) is 10.1 Å². The number of nitrogens with one attached hydrogen (secondary N) is 1. The summed E-state index contributed by atoms with van der Waals surface area (Å²) in [7, 11) is 0. The molecule has 0 aliphatic carbocycles. The number of rotatable bonds is 2. The summed E-state index contributed by atoms with van der Waals surface area (Å²) in [5, 5.41) is 7.64. The molecule has 5 heteroatoms. The summed E-state index contributed by atoms with van der Waals surface area (Å²) < 4.78 is 16.0. The Morgan fingerprint density at radius 3 is 2.64 bits per heavy atom. The average molecular weight is 294 g/mol. The molecule has 2 aromatic carbocycles. The molecule has 4 nitrogen and oxygen atoms in total. The summed E-state index contributed by atoms with van der Waals surface area (Å²) in [5.41, 5.74) is 1.81. The van der Waals surface area contributed by atoms with E-state index in [9.17, 15) is 4.39 Å². The van der Waals surface area contributed by atoms with Crippen molar-refractivity contribution in [2.24, 2.45) is 0 Å². The normalized spacial score (nSPS) is 20.2. The van der Waals surface area contributed by atoms with Crippen LogP contribution in [0.1, 0.15) is 29.6 Å². The van der Waals surface area contributed by atoms with Gasteiger partial charge in [-0.25, -0.2) is 9.07 Å². The predicted molar refractivity (Wildman–Crippen MR) is 82.0 cm³/mol. The lowest BCUT2D eigenvalue weighted by Crippen LogP contribution is -2.28. The fraction of sp³-hybridized carbons (Fsp3) is 0.176. The van der Waals surface area contributed by atoms with Gasteiger partial charge in [0.1, 0.15) is 12.1 Å². The van der Waals surface area contributed by atoms with E-state index in [1.807, 2.05) is 30.3 Å². The van der Waals surface area contributed by atoms with Crippen molar-refractivity contribution < 1.29 is 4.39 Å². The molecule has 0 spiro atoms. The van der Waals surface area contributed by atoms with Crippen molar-refractivity contribution in [1.82, 2.24) is 14.8 Å². The first-order valence-corrected chi connectivity index (χ1v) is 7.28. The van der Waals surface area contributed by atoms with Gasteiger partial charge in [0.05, 0.1) is 12.1 Å². The monoisotopic (exact) mass is 294 g/mol. The summed E-state index contributed by atoms with van der Waals surface area (Å²) in [6.45, 7) is 0. The Hall–Kier alpha value is -2.69. The van der Waals surface area contributed by atoms with Crippen LogP contribution in [-0.4, -0.2) is 14.8 Å². The number of hydrogen-bond donors (Lipinski definition) is 1. The zero-order chi connectivity index (χ0) is 14.9. The van der Waals surface area contributed by atoms with Crippen molar-refractivity contribution in [3.8, 4) is 0 Å². The number of nitrogens with zero attached hydrogens (tertiary/aromatic N) is 3. The van der Waals surface area contributed by atoms with Gasteiger partial charge in [0.25, 0.3) is 0 Å². The fourth-order valence-corrected chi connectivity index (χ4v) is 3.03. The van der Waals surface area contributed by atoms with Crippen LogP contribution in [-0.2, 0) is 0 Å². The van der Waals surface area contributed by atoms with Crippen LogP contribution in [0, 0.1) is 5.82 Å². The molecule has 0 bridgehead atoms. The minimum absolute atomic E-state index is 0.0857. The third-order valence-electron chi connectivity index (χ3n) is 4.10. The number of aromatic nitrogens is 3. The Bertz CT molecular complexity index is 784. The van der Waals surface area contributed by atoms with E-state index in [1.54, 1.807) is 10.7 Å².